The van der Waals surface area contributed by atoms with Crippen LogP contribution < -0.4 is 5.73 Å². The van der Waals surface area contributed by atoms with Crippen LogP contribution in [0.5, 0.6) is 0 Å². The summed E-state index contributed by atoms with van der Waals surface area (Å²) < 4.78 is 0. The first-order chi connectivity index (χ1) is 8.60. The lowest BCUT2D eigenvalue weighted by molar-refractivity contribution is 0.0856. The molecule has 2 N–H and O–H groups in total. The average Bonchev–Trinajstić information content (AvgIpc) is 3.19. The predicted octanol–water partition coefficient (Wildman–Crippen LogP) is 2.34. The summed E-state index contributed by atoms with van der Waals surface area (Å²) in [5, 5.41) is 0. The van der Waals surface area contributed by atoms with Gasteiger partial charge in [-0.3, -0.25) is 9.88 Å². The number of aromatic nitrogens is 1. The topological polar surface area (TPSA) is 42.2 Å². The lowest BCUT2D eigenvalue weighted by Crippen LogP contribution is -2.53. The first-order valence-electron chi connectivity index (χ1n) is 6.97. The van der Waals surface area contributed by atoms with E-state index >= 15 is 0 Å². The van der Waals surface area contributed by atoms with Crippen molar-refractivity contribution in [1.82, 2.24) is 9.88 Å². The van der Waals surface area contributed by atoms with Gasteiger partial charge in [0.1, 0.15) is 0 Å². The van der Waals surface area contributed by atoms with E-state index in [0.29, 0.717) is 0 Å². The molecule has 1 atom stereocenters. The van der Waals surface area contributed by atoms with Gasteiger partial charge in [-0.25, -0.2) is 0 Å². The SMILES string of the molecule is CCN(Cc1cccc(C)n1)C(C)(CN)C1CC1. The number of likely N-dealkylation sites (N-methyl/N-ethyl adjacent to an activating group) is 1. The van der Waals surface area contributed by atoms with Gasteiger partial charge in [-0.2, -0.15) is 0 Å². The Kier molecular flexibility index (Phi) is 4.03. The summed E-state index contributed by atoms with van der Waals surface area (Å²) in [6.45, 7) is 9.23. The molecule has 1 aromatic rings. The minimum atomic E-state index is 0.139. The Morgan fingerprint density at radius 3 is 2.67 bits per heavy atom. The summed E-state index contributed by atoms with van der Waals surface area (Å²) >= 11 is 0. The van der Waals surface area contributed by atoms with Crippen molar-refractivity contribution in [1.29, 1.82) is 0 Å². The number of rotatable bonds is 6. The summed E-state index contributed by atoms with van der Waals surface area (Å²) in [5.41, 5.74) is 8.42. The molecule has 1 aliphatic rings. The van der Waals surface area contributed by atoms with Crippen LogP contribution in [0.3, 0.4) is 0 Å². The molecule has 0 radical (unpaired) electrons. The third-order valence-corrected chi connectivity index (χ3v) is 4.27. The van der Waals surface area contributed by atoms with E-state index in [1.54, 1.807) is 0 Å². The van der Waals surface area contributed by atoms with Crippen LogP contribution in [0.2, 0.25) is 0 Å². The highest BCUT2D eigenvalue weighted by Crippen LogP contribution is 2.42. The molecule has 1 saturated carbocycles. The van der Waals surface area contributed by atoms with Crippen LogP contribution in [-0.2, 0) is 6.54 Å². The Labute approximate surface area is 110 Å². The smallest absolute Gasteiger partial charge is 0.0547 e. The van der Waals surface area contributed by atoms with Gasteiger partial charge in [-0.15, -0.1) is 0 Å². The monoisotopic (exact) mass is 247 g/mol. The summed E-state index contributed by atoms with van der Waals surface area (Å²) in [6, 6.07) is 6.24. The second-order valence-corrected chi connectivity index (χ2v) is 5.62. The maximum absolute atomic E-state index is 6.05. The average molecular weight is 247 g/mol. The number of nitrogens with two attached hydrogens (primary N) is 1. The molecule has 0 saturated heterocycles. The van der Waals surface area contributed by atoms with Gasteiger partial charge in [0.15, 0.2) is 0 Å². The van der Waals surface area contributed by atoms with Gasteiger partial charge in [0.2, 0.25) is 0 Å². The summed E-state index contributed by atoms with van der Waals surface area (Å²) in [7, 11) is 0. The highest BCUT2D eigenvalue weighted by Gasteiger charge is 2.44. The van der Waals surface area contributed by atoms with Gasteiger partial charge >= 0.3 is 0 Å². The largest absolute Gasteiger partial charge is 0.329 e. The van der Waals surface area contributed by atoms with E-state index in [1.165, 1.54) is 12.8 Å². The highest BCUT2D eigenvalue weighted by atomic mass is 15.2. The highest BCUT2D eigenvalue weighted by molar-refractivity contribution is 5.11. The maximum atomic E-state index is 6.05. The van der Waals surface area contributed by atoms with E-state index in [-0.39, 0.29) is 5.54 Å². The summed E-state index contributed by atoms with van der Waals surface area (Å²) in [5.74, 6) is 0.771. The second kappa shape index (κ2) is 5.37. The molecule has 1 heterocycles. The van der Waals surface area contributed by atoms with Gasteiger partial charge in [0.25, 0.3) is 0 Å². The van der Waals surface area contributed by atoms with Crippen LogP contribution in [0.25, 0.3) is 0 Å². The van der Waals surface area contributed by atoms with E-state index in [0.717, 1.165) is 36.9 Å². The molecule has 1 aliphatic carbocycles. The lowest BCUT2D eigenvalue weighted by atomic mass is 9.93. The molecule has 0 spiro atoms. The molecule has 0 aromatic carbocycles. The van der Waals surface area contributed by atoms with E-state index in [2.05, 4.69) is 35.9 Å². The van der Waals surface area contributed by atoms with Crippen molar-refractivity contribution in [2.45, 2.75) is 45.7 Å². The minimum Gasteiger partial charge on any atom is -0.329 e. The zero-order valence-corrected chi connectivity index (χ0v) is 11.8. The number of nitrogens with zero attached hydrogens (tertiary/aromatic N) is 2. The molecule has 0 bridgehead atoms. The lowest BCUT2D eigenvalue weighted by Gasteiger charge is -2.40. The molecular formula is C15H25N3. The zero-order chi connectivity index (χ0) is 13.2. The first kappa shape index (κ1) is 13.5. The quantitative estimate of drug-likeness (QED) is 0.839. The standard InChI is InChI=1S/C15H25N3/c1-4-18(15(3,11-16)13-8-9-13)10-14-7-5-6-12(2)17-14/h5-7,13H,4,8-11,16H2,1-3H3. The summed E-state index contributed by atoms with van der Waals surface area (Å²) in [4.78, 5) is 7.10. The predicted molar refractivity (Wildman–Crippen MR) is 75.2 cm³/mol. The third kappa shape index (κ3) is 2.73. The van der Waals surface area contributed by atoms with E-state index in [1.807, 2.05) is 13.0 Å². The van der Waals surface area contributed by atoms with Gasteiger partial charge < -0.3 is 5.73 Å². The molecule has 18 heavy (non-hydrogen) atoms. The molecule has 3 nitrogen and oxygen atoms in total. The number of aryl methyl sites for hydroxylation is 1. The van der Waals surface area contributed by atoms with Crippen molar-refractivity contribution < 1.29 is 0 Å². The van der Waals surface area contributed by atoms with Gasteiger partial charge in [0.05, 0.1) is 5.69 Å². The molecule has 100 valence electrons. The van der Waals surface area contributed by atoms with E-state index < -0.39 is 0 Å². The molecular weight excluding hydrogens is 222 g/mol. The van der Waals surface area contributed by atoms with Crippen LogP contribution in [0.4, 0.5) is 0 Å². The molecule has 3 heteroatoms. The Balaban J connectivity index is 2.13. The van der Waals surface area contributed by atoms with Gasteiger partial charge in [0, 0.05) is 24.3 Å². The summed E-state index contributed by atoms with van der Waals surface area (Å²) in [6.07, 6.45) is 2.65. The van der Waals surface area contributed by atoms with Crippen LogP contribution >= 0.6 is 0 Å². The first-order valence-corrected chi connectivity index (χ1v) is 6.97. The number of pyridine rings is 1. The van der Waals surface area contributed by atoms with E-state index in [4.69, 9.17) is 5.73 Å². The van der Waals surface area contributed by atoms with E-state index in [9.17, 15) is 0 Å². The zero-order valence-electron chi connectivity index (χ0n) is 11.8. The van der Waals surface area contributed by atoms with Crippen molar-refractivity contribution in [2.24, 2.45) is 11.7 Å². The Bertz CT molecular complexity index is 400. The normalized spacial score (nSPS) is 18.9. The molecule has 2 rings (SSSR count). The van der Waals surface area contributed by atoms with Gasteiger partial charge in [-0.05, 0) is 51.3 Å². The third-order valence-electron chi connectivity index (χ3n) is 4.27. The van der Waals surface area contributed by atoms with Crippen molar-refractivity contribution in [3.8, 4) is 0 Å². The van der Waals surface area contributed by atoms with Crippen molar-refractivity contribution in [3.63, 3.8) is 0 Å². The second-order valence-electron chi connectivity index (χ2n) is 5.62. The molecule has 0 amide bonds. The molecule has 1 aromatic heterocycles. The maximum Gasteiger partial charge on any atom is 0.0547 e. The Morgan fingerprint density at radius 1 is 1.44 bits per heavy atom. The molecule has 0 aliphatic heterocycles. The minimum absolute atomic E-state index is 0.139. The number of hydrogen-bond donors (Lipinski definition) is 1. The van der Waals surface area contributed by atoms with Gasteiger partial charge in [-0.1, -0.05) is 13.0 Å². The fraction of sp³-hybridized carbons (Fsp3) is 0.667. The van der Waals surface area contributed by atoms with Crippen LogP contribution in [-0.4, -0.2) is 28.5 Å². The fourth-order valence-corrected chi connectivity index (χ4v) is 2.80. The fourth-order valence-electron chi connectivity index (χ4n) is 2.80. The van der Waals surface area contributed by atoms with Crippen molar-refractivity contribution >= 4 is 0 Å². The van der Waals surface area contributed by atoms with Crippen LogP contribution in [0.1, 0.15) is 38.1 Å². The van der Waals surface area contributed by atoms with Crippen LogP contribution in [0.15, 0.2) is 18.2 Å². The van der Waals surface area contributed by atoms with Crippen molar-refractivity contribution in [3.05, 3.63) is 29.6 Å². The van der Waals surface area contributed by atoms with Crippen molar-refractivity contribution in [2.75, 3.05) is 13.1 Å². The Hall–Kier alpha value is -0.930. The molecule has 1 unspecified atom stereocenters. The number of hydrogen-bond acceptors (Lipinski definition) is 3. The van der Waals surface area contributed by atoms with Crippen LogP contribution in [0, 0.1) is 12.8 Å². The Morgan fingerprint density at radius 2 is 2.17 bits per heavy atom. The molecule has 1 fully saturated rings.